The second-order valence-corrected chi connectivity index (χ2v) is 7.64. The monoisotopic (exact) mass is 333 g/mol. The summed E-state index contributed by atoms with van der Waals surface area (Å²) < 4.78 is 5.75. The van der Waals surface area contributed by atoms with Gasteiger partial charge < -0.3 is 14.9 Å². The Balaban J connectivity index is 2.08. The van der Waals surface area contributed by atoms with E-state index in [0.717, 1.165) is 12.0 Å². The molecule has 0 aromatic rings. The van der Waals surface area contributed by atoms with Crippen molar-refractivity contribution in [2.45, 2.75) is 59.1 Å². The molecule has 1 aliphatic heterocycles. The molecule has 0 aromatic carbocycles. The van der Waals surface area contributed by atoms with E-state index < -0.39 is 5.60 Å². The van der Waals surface area contributed by atoms with E-state index in [2.05, 4.69) is 26.8 Å². The van der Waals surface area contributed by atoms with Gasteiger partial charge in [0, 0.05) is 12.3 Å². The van der Waals surface area contributed by atoms with Gasteiger partial charge in [-0.3, -0.25) is 0 Å². The van der Waals surface area contributed by atoms with Gasteiger partial charge in [-0.2, -0.15) is 0 Å². The van der Waals surface area contributed by atoms with Crippen LogP contribution in [0.1, 0.15) is 47.5 Å². The number of dihydropyridines is 1. The van der Waals surface area contributed by atoms with E-state index in [0.29, 0.717) is 30.8 Å². The maximum Gasteiger partial charge on any atom is 0.208 e. The number of aliphatic hydroxyl groups is 2. The molecule has 1 heterocycles. The molecule has 0 saturated heterocycles. The van der Waals surface area contributed by atoms with Crippen molar-refractivity contribution in [3.05, 3.63) is 34.9 Å². The molecule has 0 saturated carbocycles. The van der Waals surface area contributed by atoms with Gasteiger partial charge in [-0.05, 0) is 58.6 Å². The zero-order valence-corrected chi connectivity index (χ0v) is 15.5. The Morgan fingerprint density at radius 2 is 2.04 bits per heavy atom. The lowest BCUT2D eigenvalue weighted by atomic mass is 9.72. The van der Waals surface area contributed by atoms with Crippen LogP contribution < -0.4 is 0 Å². The first kappa shape index (κ1) is 18.9. The van der Waals surface area contributed by atoms with Crippen LogP contribution in [0.25, 0.3) is 0 Å². The van der Waals surface area contributed by atoms with Crippen molar-refractivity contribution in [3.8, 4) is 0 Å². The molecule has 0 aromatic heterocycles. The third-order valence-corrected chi connectivity index (χ3v) is 5.07. The quantitative estimate of drug-likeness (QED) is 0.810. The molecule has 0 spiro atoms. The van der Waals surface area contributed by atoms with E-state index in [1.807, 2.05) is 12.2 Å². The van der Waals surface area contributed by atoms with Crippen LogP contribution in [0.2, 0.25) is 0 Å². The summed E-state index contributed by atoms with van der Waals surface area (Å²) in [6.07, 6.45) is 7.78. The second-order valence-electron chi connectivity index (χ2n) is 7.64. The van der Waals surface area contributed by atoms with Crippen molar-refractivity contribution in [3.63, 3.8) is 0 Å². The highest BCUT2D eigenvalue weighted by Crippen LogP contribution is 2.39. The van der Waals surface area contributed by atoms with E-state index in [1.54, 1.807) is 13.8 Å². The maximum absolute atomic E-state index is 9.77. The van der Waals surface area contributed by atoms with E-state index in [1.165, 1.54) is 11.1 Å². The Hall–Kier alpha value is -1.39. The molecular formula is C20H31NO3. The normalized spacial score (nSPS) is 27.9. The van der Waals surface area contributed by atoms with E-state index in [9.17, 15) is 10.2 Å². The molecule has 0 fully saturated rings. The van der Waals surface area contributed by atoms with Crippen LogP contribution in [0.4, 0.5) is 0 Å². The first-order valence-corrected chi connectivity index (χ1v) is 8.81. The first-order valence-electron chi connectivity index (χ1n) is 8.81. The molecular weight excluding hydrogens is 302 g/mol. The van der Waals surface area contributed by atoms with Crippen LogP contribution >= 0.6 is 0 Å². The van der Waals surface area contributed by atoms with Gasteiger partial charge in [-0.1, -0.05) is 23.3 Å². The van der Waals surface area contributed by atoms with E-state index >= 15 is 0 Å². The molecule has 134 valence electrons. The number of aliphatic hydroxyl groups excluding tert-OH is 1. The van der Waals surface area contributed by atoms with Gasteiger partial charge in [-0.15, -0.1) is 0 Å². The van der Waals surface area contributed by atoms with Crippen molar-refractivity contribution in [1.29, 1.82) is 0 Å². The molecule has 3 atom stereocenters. The highest BCUT2D eigenvalue weighted by atomic mass is 16.5. The zero-order valence-electron chi connectivity index (χ0n) is 15.5. The predicted molar refractivity (Wildman–Crippen MR) is 98.0 cm³/mol. The molecule has 2 rings (SSSR count). The molecule has 0 radical (unpaired) electrons. The Bertz CT molecular complexity index is 578. The van der Waals surface area contributed by atoms with Gasteiger partial charge in [0.25, 0.3) is 0 Å². The van der Waals surface area contributed by atoms with Gasteiger partial charge in [-0.25, -0.2) is 4.99 Å². The lowest BCUT2D eigenvalue weighted by Gasteiger charge is -2.36. The van der Waals surface area contributed by atoms with E-state index in [4.69, 9.17) is 9.73 Å². The van der Waals surface area contributed by atoms with Crippen LogP contribution in [0.15, 0.2) is 39.9 Å². The summed E-state index contributed by atoms with van der Waals surface area (Å²) in [5.41, 5.74) is 2.85. The highest BCUT2D eigenvalue weighted by molar-refractivity contribution is 5.89. The standard InChI is InChI=1S/C20H31NO3/c1-13-11-18(24-10-9-20(4,5)23)21-15(3)19(13)17-8-6-7-16(12-22)14(17)2/h6-7,11,15,17,19,22-23H,8-10,12H2,1-5H3. The summed E-state index contributed by atoms with van der Waals surface area (Å²) in [5, 5.41) is 19.3. The summed E-state index contributed by atoms with van der Waals surface area (Å²) in [5.74, 6) is 1.37. The third kappa shape index (κ3) is 4.58. The molecule has 4 heteroatoms. The maximum atomic E-state index is 9.77. The van der Waals surface area contributed by atoms with E-state index in [-0.39, 0.29) is 12.6 Å². The van der Waals surface area contributed by atoms with Crippen LogP contribution in [0.5, 0.6) is 0 Å². The molecule has 1 aliphatic carbocycles. The van der Waals surface area contributed by atoms with Gasteiger partial charge in [0.15, 0.2) is 0 Å². The SMILES string of the molecule is CC1=CC(OCCC(C)(C)O)=NC(C)C1C1CC=CC(CO)=C1C. The molecule has 2 aliphatic rings. The third-order valence-electron chi connectivity index (χ3n) is 5.07. The molecule has 0 bridgehead atoms. The van der Waals surface area contributed by atoms with Crippen molar-refractivity contribution >= 4 is 5.90 Å². The number of aliphatic imine (C=N–C) groups is 1. The Kier molecular flexibility index (Phi) is 6.05. The minimum atomic E-state index is -0.723. The summed E-state index contributed by atoms with van der Waals surface area (Å²) >= 11 is 0. The summed E-state index contributed by atoms with van der Waals surface area (Å²) in [4.78, 5) is 4.72. The molecule has 2 N–H and O–H groups in total. The highest BCUT2D eigenvalue weighted by Gasteiger charge is 2.33. The lowest BCUT2D eigenvalue weighted by Crippen LogP contribution is -2.32. The topological polar surface area (TPSA) is 62.0 Å². The Morgan fingerprint density at radius 1 is 1.33 bits per heavy atom. The van der Waals surface area contributed by atoms with Crippen LogP contribution in [0.3, 0.4) is 0 Å². The summed E-state index contributed by atoms with van der Waals surface area (Å²) in [6, 6.07) is 0.138. The van der Waals surface area contributed by atoms with Gasteiger partial charge in [0.1, 0.15) is 0 Å². The summed E-state index contributed by atoms with van der Waals surface area (Å²) in [6.45, 7) is 10.5. The number of nitrogens with zero attached hydrogens (tertiary/aromatic N) is 1. The average molecular weight is 333 g/mol. The van der Waals surface area contributed by atoms with Crippen LogP contribution in [-0.4, -0.2) is 41.0 Å². The number of hydrogen-bond donors (Lipinski definition) is 2. The van der Waals surface area contributed by atoms with Crippen molar-refractivity contribution in [1.82, 2.24) is 0 Å². The van der Waals surface area contributed by atoms with Gasteiger partial charge in [0.05, 0.1) is 24.9 Å². The van der Waals surface area contributed by atoms with Crippen molar-refractivity contribution < 1.29 is 14.9 Å². The zero-order chi connectivity index (χ0) is 17.9. The smallest absolute Gasteiger partial charge is 0.208 e. The molecule has 3 unspecified atom stereocenters. The average Bonchev–Trinajstić information content (AvgIpc) is 2.47. The fourth-order valence-corrected chi connectivity index (χ4v) is 3.62. The predicted octanol–water partition coefficient (Wildman–Crippen LogP) is 3.41. The Labute approximate surface area is 145 Å². The minimum absolute atomic E-state index is 0.0945. The van der Waals surface area contributed by atoms with Crippen molar-refractivity contribution in [2.75, 3.05) is 13.2 Å². The number of ether oxygens (including phenoxy) is 1. The molecule has 24 heavy (non-hydrogen) atoms. The van der Waals surface area contributed by atoms with Crippen LogP contribution in [-0.2, 0) is 4.74 Å². The Morgan fingerprint density at radius 3 is 2.62 bits per heavy atom. The largest absolute Gasteiger partial charge is 0.478 e. The number of hydrogen-bond acceptors (Lipinski definition) is 4. The van der Waals surface area contributed by atoms with Crippen LogP contribution in [0, 0.1) is 11.8 Å². The number of allylic oxidation sites excluding steroid dienone is 2. The first-order chi connectivity index (χ1) is 11.2. The lowest BCUT2D eigenvalue weighted by molar-refractivity contribution is 0.0536. The minimum Gasteiger partial charge on any atom is -0.478 e. The summed E-state index contributed by atoms with van der Waals surface area (Å²) in [7, 11) is 0. The fraction of sp³-hybridized carbons (Fsp3) is 0.650. The van der Waals surface area contributed by atoms with Gasteiger partial charge in [0.2, 0.25) is 5.90 Å². The molecule has 0 amide bonds. The van der Waals surface area contributed by atoms with Crippen molar-refractivity contribution in [2.24, 2.45) is 16.8 Å². The van der Waals surface area contributed by atoms with Gasteiger partial charge >= 0.3 is 0 Å². The molecule has 4 nitrogen and oxygen atoms in total. The second kappa shape index (κ2) is 7.66. The fourth-order valence-electron chi connectivity index (χ4n) is 3.62. The number of rotatable bonds is 5.